The number of ether oxygens (including phenoxy) is 2. The van der Waals surface area contributed by atoms with E-state index in [2.05, 4.69) is 25.9 Å². The van der Waals surface area contributed by atoms with Crippen molar-refractivity contribution in [2.45, 2.75) is 29.3 Å². The van der Waals surface area contributed by atoms with Crippen LogP contribution in [0.4, 0.5) is 5.69 Å². The fourth-order valence-electron chi connectivity index (χ4n) is 4.10. The molecule has 38 heavy (non-hydrogen) atoms. The van der Waals surface area contributed by atoms with Crippen molar-refractivity contribution in [3.05, 3.63) is 74.5 Å². The number of rotatable bonds is 8. The quantitative estimate of drug-likeness (QED) is 0.120. The Kier molecular flexibility index (Phi) is 6.83. The number of thioether (sulfide) groups is 1. The third kappa shape index (κ3) is 4.39. The average Bonchev–Trinajstić information content (AvgIpc) is 3.64. The molecule has 1 aromatic carbocycles. The molecule has 3 atom stereocenters. The number of nitro groups is 1. The molecule has 15 heteroatoms. The van der Waals surface area contributed by atoms with E-state index in [1.807, 2.05) is 5.38 Å². The molecule has 5 rings (SSSR count). The number of hydrogen-bond acceptors (Lipinski definition) is 11. The number of carbonyl (C=O) groups excluding carboxylic acids is 3. The van der Waals surface area contributed by atoms with Crippen molar-refractivity contribution >= 4 is 62.6 Å². The zero-order valence-electron chi connectivity index (χ0n) is 19.8. The number of hydrogen-bond donors (Lipinski definition) is 0. The lowest BCUT2D eigenvalue weighted by atomic mass is 9.89. The lowest BCUT2D eigenvalue weighted by Gasteiger charge is -2.51. The van der Waals surface area contributed by atoms with Gasteiger partial charge in [-0.2, -0.15) is 0 Å². The molecule has 2 aliphatic rings. The Hall–Kier alpha value is -3.56. The number of non-ortho nitro benzene ring substituents is 1. The molecule has 2 aliphatic heterocycles. The van der Waals surface area contributed by atoms with Gasteiger partial charge in [0.15, 0.2) is 21.3 Å². The number of aromatic nitrogens is 3. The first-order valence-electron chi connectivity index (χ1n) is 11.0. The van der Waals surface area contributed by atoms with Crippen LogP contribution in [0.5, 0.6) is 0 Å². The van der Waals surface area contributed by atoms with Gasteiger partial charge in [-0.25, -0.2) is 14.8 Å². The predicted octanol–water partition coefficient (Wildman–Crippen LogP) is 3.69. The maximum atomic E-state index is 13.5. The smallest absolute Gasteiger partial charge is 0.355 e. The molecule has 0 spiro atoms. The number of esters is 2. The van der Waals surface area contributed by atoms with Crippen LogP contribution in [0.1, 0.15) is 24.3 Å². The highest BCUT2D eigenvalue weighted by molar-refractivity contribution is 9.10. The molecule has 0 N–H and O–H groups in total. The third-order valence-corrected chi connectivity index (χ3v) is 9.35. The number of nitro benzene ring substituents is 1. The van der Waals surface area contributed by atoms with Gasteiger partial charge in [0.25, 0.3) is 11.6 Å². The Morgan fingerprint density at radius 3 is 2.68 bits per heavy atom. The number of halogens is 1. The molecular weight excluding hydrogens is 602 g/mol. The van der Waals surface area contributed by atoms with Crippen molar-refractivity contribution in [3.8, 4) is 10.8 Å². The van der Waals surface area contributed by atoms with E-state index in [0.717, 1.165) is 0 Å². The molecule has 3 aromatic rings. The Bertz CT molecular complexity index is 1470. The van der Waals surface area contributed by atoms with Gasteiger partial charge in [-0.1, -0.05) is 15.9 Å². The van der Waals surface area contributed by atoms with Gasteiger partial charge in [0.2, 0.25) is 0 Å². The van der Waals surface area contributed by atoms with Gasteiger partial charge in [-0.3, -0.25) is 24.6 Å². The Morgan fingerprint density at radius 2 is 2.05 bits per heavy atom. The minimum absolute atomic E-state index is 0.0491. The van der Waals surface area contributed by atoms with E-state index < -0.39 is 38.6 Å². The highest BCUT2D eigenvalue weighted by Gasteiger charge is 2.69. The highest BCUT2D eigenvalue weighted by atomic mass is 79.9. The second kappa shape index (κ2) is 9.96. The summed E-state index contributed by atoms with van der Waals surface area (Å²) < 4.78 is 11.3. The summed E-state index contributed by atoms with van der Waals surface area (Å²) in [6.45, 7) is 1.12. The van der Waals surface area contributed by atoms with Crippen molar-refractivity contribution in [2.24, 2.45) is 7.05 Å². The van der Waals surface area contributed by atoms with E-state index in [-0.39, 0.29) is 18.0 Å². The number of aryl methyl sites for hydroxylation is 1. The lowest BCUT2D eigenvalue weighted by Crippen LogP contribution is -2.70. The summed E-state index contributed by atoms with van der Waals surface area (Å²) in [6, 6.07) is 5.60. The van der Waals surface area contributed by atoms with Gasteiger partial charge in [0.05, 0.1) is 4.92 Å². The van der Waals surface area contributed by atoms with Crippen LogP contribution >= 0.6 is 39.0 Å². The van der Waals surface area contributed by atoms with Crippen molar-refractivity contribution in [3.63, 3.8) is 0 Å². The van der Waals surface area contributed by atoms with Crippen LogP contribution in [-0.2, 0) is 37.5 Å². The summed E-state index contributed by atoms with van der Waals surface area (Å²) in [5, 5.41) is 14.2. The van der Waals surface area contributed by atoms with Crippen LogP contribution in [0.15, 0.2) is 53.1 Å². The first-order chi connectivity index (χ1) is 18.1. The van der Waals surface area contributed by atoms with E-state index in [9.17, 15) is 24.5 Å². The topological polar surface area (TPSA) is 147 Å². The minimum atomic E-state index is -1.38. The largest absolute Gasteiger partial charge is 0.456 e. The van der Waals surface area contributed by atoms with Gasteiger partial charge in [0.1, 0.15) is 23.4 Å². The standard InChI is InChI=1S/C23H18BrN5O7S2/c1-12(30)36-17(15-9-27(2)18(26-15)19-25-7-8-37-19)23(24)21(32)28-16(11-38-22(23)28)20(31)35-10-13-3-5-14(6-4-13)29(33)34/h3-9,11,17,22H,10H2,1-2H3/t17?,22-,23?/m1/s1. The molecule has 2 aromatic heterocycles. The SMILES string of the molecule is CC(=O)OC(c1cn(C)c(-c2nccs2)n1)C1(Br)C(=O)N2C(C(=O)OCc3ccc([N+](=O)[O-])cc3)=CS[C@@H]21. The van der Waals surface area contributed by atoms with E-state index >= 15 is 0 Å². The molecule has 0 saturated carbocycles. The fraction of sp³-hybridized carbons (Fsp3) is 0.261. The van der Waals surface area contributed by atoms with E-state index in [1.165, 1.54) is 64.6 Å². The molecule has 0 radical (unpaired) electrons. The van der Waals surface area contributed by atoms with Crippen molar-refractivity contribution in [1.29, 1.82) is 0 Å². The number of β-lactam (4-membered cyclic amide) rings is 1. The molecule has 1 amide bonds. The van der Waals surface area contributed by atoms with Gasteiger partial charge in [-0.15, -0.1) is 23.1 Å². The number of imidazole rings is 1. The number of amides is 1. The summed E-state index contributed by atoms with van der Waals surface area (Å²) in [6.07, 6.45) is 2.25. The average molecular weight is 620 g/mol. The monoisotopic (exact) mass is 619 g/mol. The van der Waals surface area contributed by atoms with Crippen LogP contribution in [0, 0.1) is 10.1 Å². The van der Waals surface area contributed by atoms with Crippen molar-refractivity contribution in [1.82, 2.24) is 19.4 Å². The molecular formula is C23H18BrN5O7S2. The first kappa shape index (κ1) is 26.1. The summed E-state index contributed by atoms with van der Waals surface area (Å²) in [5.74, 6) is -1.26. The summed E-state index contributed by atoms with van der Waals surface area (Å²) >= 11 is 6.14. The number of alkyl halides is 1. The number of fused-ring (bicyclic) bond motifs is 1. The Morgan fingerprint density at radius 1 is 1.32 bits per heavy atom. The van der Waals surface area contributed by atoms with Crippen LogP contribution in [0.25, 0.3) is 10.8 Å². The minimum Gasteiger partial charge on any atom is -0.456 e. The van der Waals surface area contributed by atoms with Crippen molar-refractivity contribution in [2.75, 3.05) is 0 Å². The predicted molar refractivity (Wildman–Crippen MR) is 140 cm³/mol. The van der Waals surface area contributed by atoms with Gasteiger partial charge >= 0.3 is 11.9 Å². The third-order valence-electron chi connectivity index (χ3n) is 5.89. The number of carbonyl (C=O) groups is 3. The van der Waals surface area contributed by atoms with Gasteiger partial charge in [0, 0.05) is 49.3 Å². The maximum Gasteiger partial charge on any atom is 0.355 e. The zero-order chi connectivity index (χ0) is 27.2. The van der Waals surface area contributed by atoms with E-state index in [1.54, 1.807) is 24.0 Å². The highest BCUT2D eigenvalue weighted by Crippen LogP contribution is 2.58. The van der Waals surface area contributed by atoms with E-state index in [0.29, 0.717) is 22.1 Å². The molecule has 2 unspecified atom stereocenters. The summed E-state index contributed by atoms with van der Waals surface area (Å²) in [5.41, 5.74) is 0.880. The Balaban J connectivity index is 1.33. The van der Waals surface area contributed by atoms with Gasteiger partial charge in [-0.05, 0) is 17.7 Å². The number of benzene rings is 1. The summed E-state index contributed by atoms with van der Waals surface area (Å²) in [7, 11) is 1.78. The lowest BCUT2D eigenvalue weighted by molar-refractivity contribution is -0.384. The Labute approximate surface area is 231 Å². The molecule has 12 nitrogen and oxygen atoms in total. The van der Waals surface area contributed by atoms with Crippen LogP contribution in [0.3, 0.4) is 0 Å². The van der Waals surface area contributed by atoms with Gasteiger partial charge < -0.3 is 14.0 Å². The molecule has 1 saturated heterocycles. The van der Waals surface area contributed by atoms with Crippen LogP contribution < -0.4 is 0 Å². The fourth-order valence-corrected chi connectivity index (χ4v) is 7.04. The second-order valence-corrected chi connectivity index (χ2v) is 11.5. The maximum absolute atomic E-state index is 13.5. The second-order valence-electron chi connectivity index (χ2n) is 8.36. The molecule has 0 aliphatic carbocycles. The zero-order valence-corrected chi connectivity index (χ0v) is 23.0. The molecule has 0 bridgehead atoms. The van der Waals surface area contributed by atoms with Crippen LogP contribution in [-0.4, -0.2) is 51.9 Å². The number of nitrogens with zero attached hydrogens (tertiary/aromatic N) is 5. The molecule has 1 fully saturated rings. The first-order valence-corrected chi connectivity index (χ1v) is 13.6. The molecule has 196 valence electrons. The van der Waals surface area contributed by atoms with Crippen molar-refractivity contribution < 1.29 is 28.8 Å². The van der Waals surface area contributed by atoms with E-state index in [4.69, 9.17) is 9.47 Å². The normalized spacial score (nSPS) is 20.8. The summed E-state index contributed by atoms with van der Waals surface area (Å²) in [4.78, 5) is 58.8. The molecule has 4 heterocycles. The number of thiazole rings is 1. The van der Waals surface area contributed by atoms with Crippen LogP contribution in [0.2, 0.25) is 0 Å².